The maximum Gasteiger partial charge on any atom is 0.410 e. The molecule has 1 heterocycles. The van der Waals surface area contributed by atoms with Crippen LogP contribution in [0.1, 0.15) is 26.3 Å². The summed E-state index contributed by atoms with van der Waals surface area (Å²) in [5.41, 5.74) is -0.666. The van der Waals surface area contributed by atoms with Crippen LogP contribution in [-0.2, 0) is 10.3 Å². The van der Waals surface area contributed by atoms with E-state index in [0.29, 0.717) is 0 Å². The number of rotatable bonds is 1. The summed E-state index contributed by atoms with van der Waals surface area (Å²) in [7, 11) is 0. The van der Waals surface area contributed by atoms with Gasteiger partial charge in [0.15, 0.2) is 0 Å². The van der Waals surface area contributed by atoms with Gasteiger partial charge in [-0.15, -0.1) is 0 Å². The van der Waals surface area contributed by atoms with Crippen molar-refractivity contribution in [1.82, 2.24) is 4.90 Å². The third-order valence-corrected chi connectivity index (χ3v) is 3.84. The number of nitrogens with zero attached hydrogens (tertiary/aromatic N) is 1. The van der Waals surface area contributed by atoms with Gasteiger partial charge in [-0.2, -0.15) is 0 Å². The van der Waals surface area contributed by atoms with Crippen LogP contribution in [0.25, 0.3) is 10.8 Å². The molecule has 4 heteroatoms. The topological polar surface area (TPSA) is 49.8 Å². The highest BCUT2D eigenvalue weighted by atomic mass is 16.6. The zero-order chi connectivity index (χ0) is 16.0. The summed E-state index contributed by atoms with van der Waals surface area (Å²) < 4.78 is 5.32. The molecule has 2 aromatic carbocycles. The van der Waals surface area contributed by atoms with Crippen LogP contribution >= 0.6 is 0 Å². The van der Waals surface area contributed by atoms with Gasteiger partial charge in [-0.3, -0.25) is 0 Å². The van der Waals surface area contributed by atoms with E-state index in [-0.39, 0.29) is 19.2 Å². The quantitative estimate of drug-likeness (QED) is 0.879. The maximum absolute atomic E-state index is 12.0. The van der Waals surface area contributed by atoms with Crippen molar-refractivity contribution in [2.45, 2.75) is 32.0 Å². The van der Waals surface area contributed by atoms with Crippen LogP contribution in [0.15, 0.2) is 42.5 Å². The molecule has 0 atom stereocenters. The molecule has 1 amide bonds. The Morgan fingerprint density at radius 3 is 2.41 bits per heavy atom. The summed E-state index contributed by atoms with van der Waals surface area (Å²) in [4.78, 5) is 13.5. The SMILES string of the molecule is CC(C)(C)OC(=O)N1CC(O)(c2ccc3ccccc3c2)C1. The van der Waals surface area contributed by atoms with Crippen LogP contribution in [0, 0.1) is 0 Å². The Morgan fingerprint density at radius 1 is 1.14 bits per heavy atom. The number of aliphatic hydroxyl groups is 1. The molecule has 1 N–H and O–H groups in total. The van der Waals surface area contributed by atoms with Gasteiger partial charge in [-0.25, -0.2) is 4.79 Å². The van der Waals surface area contributed by atoms with Crippen LogP contribution in [0.4, 0.5) is 4.79 Å². The van der Waals surface area contributed by atoms with E-state index in [1.165, 1.54) is 4.90 Å². The van der Waals surface area contributed by atoms with E-state index in [9.17, 15) is 9.90 Å². The normalized spacial score (nSPS) is 17.2. The average Bonchev–Trinajstić information content (AvgIpc) is 2.41. The Kier molecular flexibility index (Phi) is 3.37. The van der Waals surface area contributed by atoms with Crippen LogP contribution in [0.3, 0.4) is 0 Å². The highest BCUT2D eigenvalue weighted by Crippen LogP contribution is 2.34. The Hall–Kier alpha value is -2.07. The number of benzene rings is 2. The summed E-state index contributed by atoms with van der Waals surface area (Å²) in [6.07, 6.45) is -0.377. The lowest BCUT2D eigenvalue weighted by atomic mass is 9.85. The van der Waals surface area contributed by atoms with Crippen LogP contribution in [-0.4, -0.2) is 34.8 Å². The first-order valence-corrected chi connectivity index (χ1v) is 7.46. The zero-order valence-corrected chi connectivity index (χ0v) is 13.2. The summed E-state index contributed by atoms with van der Waals surface area (Å²) in [5.74, 6) is 0. The number of likely N-dealkylation sites (tertiary alicyclic amines) is 1. The van der Waals surface area contributed by atoms with E-state index in [0.717, 1.165) is 16.3 Å². The lowest BCUT2D eigenvalue weighted by Crippen LogP contribution is -2.61. The molecule has 0 aromatic heterocycles. The summed E-state index contributed by atoms with van der Waals surface area (Å²) in [6.45, 7) is 6.03. The molecule has 22 heavy (non-hydrogen) atoms. The smallest absolute Gasteiger partial charge is 0.410 e. The number of amides is 1. The molecule has 0 unspecified atom stereocenters. The molecule has 1 fully saturated rings. The van der Waals surface area contributed by atoms with E-state index >= 15 is 0 Å². The van der Waals surface area contributed by atoms with Crippen molar-refractivity contribution in [3.05, 3.63) is 48.0 Å². The zero-order valence-electron chi connectivity index (χ0n) is 13.2. The Morgan fingerprint density at radius 2 is 1.77 bits per heavy atom. The number of hydrogen-bond acceptors (Lipinski definition) is 3. The van der Waals surface area contributed by atoms with Crippen molar-refractivity contribution in [3.8, 4) is 0 Å². The number of fused-ring (bicyclic) bond motifs is 1. The molecule has 2 aromatic rings. The van der Waals surface area contributed by atoms with E-state index in [1.807, 2.05) is 63.2 Å². The molecular weight excluding hydrogens is 278 g/mol. The first kappa shape index (κ1) is 14.9. The summed E-state index contributed by atoms with van der Waals surface area (Å²) in [6, 6.07) is 13.9. The Bertz CT molecular complexity index is 712. The lowest BCUT2D eigenvalue weighted by molar-refractivity contribution is -0.103. The van der Waals surface area contributed by atoms with E-state index < -0.39 is 11.2 Å². The van der Waals surface area contributed by atoms with Gasteiger partial charge in [0, 0.05) is 0 Å². The number of ether oxygens (including phenoxy) is 1. The molecule has 4 nitrogen and oxygen atoms in total. The third-order valence-electron chi connectivity index (χ3n) is 3.84. The first-order chi connectivity index (χ1) is 10.3. The second kappa shape index (κ2) is 4.99. The Labute approximate surface area is 130 Å². The van der Waals surface area contributed by atoms with Crippen LogP contribution in [0.5, 0.6) is 0 Å². The fourth-order valence-corrected chi connectivity index (χ4v) is 2.70. The van der Waals surface area contributed by atoms with Crippen molar-refractivity contribution in [2.24, 2.45) is 0 Å². The van der Waals surface area contributed by atoms with Gasteiger partial charge in [0.25, 0.3) is 0 Å². The predicted octanol–water partition coefficient (Wildman–Crippen LogP) is 3.28. The van der Waals surface area contributed by atoms with Crippen LogP contribution in [0.2, 0.25) is 0 Å². The van der Waals surface area contributed by atoms with Gasteiger partial charge < -0.3 is 14.7 Å². The van der Waals surface area contributed by atoms with Gasteiger partial charge in [0.2, 0.25) is 0 Å². The van der Waals surface area contributed by atoms with E-state index in [2.05, 4.69) is 0 Å². The Balaban J connectivity index is 1.74. The largest absolute Gasteiger partial charge is 0.444 e. The second-order valence-corrected chi connectivity index (χ2v) is 6.93. The molecule has 0 spiro atoms. The van der Waals surface area contributed by atoms with Gasteiger partial charge in [0.1, 0.15) is 11.2 Å². The van der Waals surface area contributed by atoms with Gasteiger partial charge in [-0.05, 0) is 43.2 Å². The molecule has 0 saturated carbocycles. The predicted molar refractivity (Wildman–Crippen MR) is 85.7 cm³/mol. The van der Waals surface area contributed by atoms with Crippen molar-refractivity contribution >= 4 is 16.9 Å². The van der Waals surface area contributed by atoms with Crippen molar-refractivity contribution in [3.63, 3.8) is 0 Å². The number of carbonyl (C=O) groups is 1. The molecule has 1 saturated heterocycles. The highest BCUT2D eigenvalue weighted by molar-refractivity contribution is 5.83. The van der Waals surface area contributed by atoms with Crippen molar-refractivity contribution < 1.29 is 14.6 Å². The van der Waals surface area contributed by atoms with Gasteiger partial charge >= 0.3 is 6.09 Å². The minimum atomic E-state index is -0.985. The number of carbonyl (C=O) groups excluding carboxylic acids is 1. The molecular formula is C18H21NO3. The third kappa shape index (κ3) is 2.79. The molecule has 0 aliphatic carbocycles. The van der Waals surface area contributed by atoms with Crippen molar-refractivity contribution in [2.75, 3.05) is 13.1 Å². The lowest BCUT2D eigenvalue weighted by Gasteiger charge is -2.46. The monoisotopic (exact) mass is 299 g/mol. The molecule has 116 valence electrons. The number of β-amino-alcohol motifs (C(OH)–C–C–N with tert-alkyl or cyclic N) is 1. The highest BCUT2D eigenvalue weighted by Gasteiger charge is 2.46. The van der Waals surface area contributed by atoms with Gasteiger partial charge in [-0.1, -0.05) is 36.4 Å². The second-order valence-electron chi connectivity index (χ2n) is 6.93. The molecule has 0 radical (unpaired) electrons. The molecule has 3 rings (SSSR count). The average molecular weight is 299 g/mol. The standard InChI is InChI=1S/C18H21NO3/c1-17(2,3)22-16(20)19-11-18(21,12-19)15-9-8-13-6-4-5-7-14(13)10-15/h4-10,21H,11-12H2,1-3H3. The van der Waals surface area contributed by atoms with Gasteiger partial charge in [0.05, 0.1) is 13.1 Å². The van der Waals surface area contributed by atoms with Crippen LogP contribution < -0.4 is 0 Å². The maximum atomic E-state index is 12.0. The number of hydrogen-bond donors (Lipinski definition) is 1. The minimum Gasteiger partial charge on any atom is -0.444 e. The molecule has 1 aliphatic heterocycles. The summed E-state index contributed by atoms with van der Waals surface area (Å²) >= 11 is 0. The van der Waals surface area contributed by atoms with E-state index in [1.54, 1.807) is 0 Å². The molecule has 0 bridgehead atoms. The molecule has 1 aliphatic rings. The first-order valence-electron chi connectivity index (χ1n) is 7.46. The fraction of sp³-hybridized carbons (Fsp3) is 0.389. The van der Waals surface area contributed by atoms with Crippen molar-refractivity contribution in [1.29, 1.82) is 0 Å². The fourth-order valence-electron chi connectivity index (χ4n) is 2.70. The van der Waals surface area contributed by atoms with E-state index in [4.69, 9.17) is 4.74 Å². The minimum absolute atomic E-state index is 0.264. The summed E-state index contributed by atoms with van der Waals surface area (Å²) in [5, 5.41) is 12.9.